The SMILES string of the molecule is CC(C)NC(C)(CCCCSCCCO)C(=O)O. The van der Waals surface area contributed by atoms with Gasteiger partial charge in [-0.3, -0.25) is 10.1 Å². The number of aliphatic hydroxyl groups excluding tert-OH is 1. The van der Waals surface area contributed by atoms with Crippen LogP contribution in [-0.2, 0) is 4.79 Å². The molecular formula is C13H27NO3S. The van der Waals surface area contributed by atoms with Gasteiger partial charge in [0.15, 0.2) is 0 Å². The van der Waals surface area contributed by atoms with Crippen LogP contribution in [0.2, 0.25) is 0 Å². The van der Waals surface area contributed by atoms with Crippen molar-refractivity contribution in [3.63, 3.8) is 0 Å². The summed E-state index contributed by atoms with van der Waals surface area (Å²) in [5, 5.41) is 21.0. The van der Waals surface area contributed by atoms with Gasteiger partial charge in [-0.05, 0) is 51.5 Å². The molecule has 18 heavy (non-hydrogen) atoms. The number of aliphatic hydroxyl groups is 1. The van der Waals surface area contributed by atoms with Gasteiger partial charge in [-0.1, -0.05) is 6.42 Å². The normalized spacial score (nSPS) is 14.7. The van der Waals surface area contributed by atoms with Gasteiger partial charge >= 0.3 is 5.97 Å². The molecule has 0 radical (unpaired) electrons. The van der Waals surface area contributed by atoms with Gasteiger partial charge in [-0.15, -0.1) is 0 Å². The molecule has 4 nitrogen and oxygen atoms in total. The molecule has 0 aliphatic heterocycles. The lowest BCUT2D eigenvalue weighted by Gasteiger charge is -2.28. The highest BCUT2D eigenvalue weighted by Crippen LogP contribution is 2.17. The van der Waals surface area contributed by atoms with Crippen LogP contribution in [0.1, 0.15) is 46.5 Å². The summed E-state index contributed by atoms with van der Waals surface area (Å²) in [6.45, 7) is 5.94. The first kappa shape index (κ1) is 17.7. The zero-order valence-electron chi connectivity index (χ0n) is 11.7. The van der Waals surface area contributed by atoms with Crippen LogP contribution in [0.5, 0.6) is 0 Å². The Labute approximate surface area is 115 Å². The fourth-order valence-corrected chi connectivity index (χ4v) is 2.77. The highest BCUT2D eigenvalue weighted by atomic mass is 32.2. The maximum Gasteiger partial charge on any atom is 0.323 e. The van der Waals surface area contributed by atoms with Gasteiger partial charge in [0.25, 0.3) is 0 Å². The minimum absolute atomic E-state index is 0.171. The molecule has 0 aromatic heterocycles. The van der Waals surface area contributed by atoms with Crippen molar-refractivity contribution < 1.29 is 15.0 Å². The lowest BCUT2D eigenvalue weighted by molar-refractivity contribution is -0.144. The first-order chi connectivity index (χ1) is 8.42. The number of aliphatic carboxylic acids is 1. The van der Waals surface area contributed by atoms with Crippen LogP contribution in [-0.4, -0.2) is 45.9 Å². The van der Waals surface area contributed by atoms with Crippen LogP contribution in [0.4, 0.5) is 0 Å². The molecule has 0 aromatic rings. The van der Waals surface area contributed by atoms with Gasteiger partial charge in [0, 0.05) is 12.6 Å². The molecule has 0 aromatic carbocycles. The van der Waals surface area contributed by atoms with Gasteiger partial charge in [-0.2, -0.15) is 11.8 Å². The molecule has 0 saturated heterocycles. The van der Waals surface area contributed by atoms with Crippen LogP contribution >= 0.6 is 11.8 Å². The Morgan fingerprint density at radius 1 is 1.28 bits per heavy atom. The molecule has 0 bridgehead atoms. The highest BCUT2D eigenvalue weighted by Gasteiger charge is 2.32. The number of unbranched alkanes of at least 4 members (excludes halogenated alkanes) is 1. The van der Waals surface area contributed by atoms with E-state index in [0.717, 1.165) is 30.8 Å². The average Bonchev–Trinajstić information content (AvgIpc) is 2.26. The third-order valence-corrected chi connectivity index (χ3v) is 3.90. The van der Waals surface area contributed by atoms with E-state index in [9.17, 15) is 9.90 Å². The Morgan fingerprint density at radius 2 is 1.89 bits per heavy atom. The summed E-state index contributed by atoms with van der Waals surface area (Å²) in [6, 6.07) is 0.171. The number of thioether (sulfide) groups is 1. The van der Waals surface area contributed by atoms with E-state index in [4.69, 9.17) is 5.11 Å². The molecule has 3 N–H and O–H groups in total. The van der Waals surface area contributed by atoms with E-state index in [1.165, 1.54) is 0 Å². The number of carbonyl (C=O) groups is 1. The molecule has 0 heterocycles. The van der Waals surface area contributed by atoms with E-state index in [1.54, 1.807) is 6.92 Å². The van der Waals surface area contributed by atoms with E-state index in [1.807, 2.05) is 25.6 Å². The van der Waals surface area contributed by atoms with Crippen molar-refractivity contribution in [3.05, 3.63) is 0 Å². The average molecular weight is 277 g/mol. The summed E-state index contributed by atoms with van der Waals surface area (Å²) in [5.41, 5.74) is -0.816. The van der Waals surface area contributed by atoms with E-state index < -0.39 is 11.5 Å². The summed E-state index contributed by atoms with van der Waals surface area (Å²) in [4.78, 5) is 11.3. The van der Waals surface area contributed by atoms with Crippen molar-refractivity contribution in [2.45, 2.75) is 58.0 Å². The van der Waals surface area contributed by atoms with E-state index in [-0.39, 0.29) is 12.6 Å². The van der Waals surface area contributed by atoms with Crippen LogP contribution in [0.3, 0.4) is 0 Å². The lowest BCUT2D eigenvalue weighted by Crippen LogP contribution is -2.52. The Morgan fingerprint density at radius 3 is 2.39 bits per heavy atom. The van der Waals surface area contributed by atoms with E-state index in [0.29, 0.717) is 6.42 Å². The Balaban J connectivity index is 3.81. The Hall–Kier alpha value is -0.260. The monoisotopic (exact) mass is 277 g/mol. The number of hydrogen-bond acceptors (Lipinski definition) is 4. The fraction of sp³-hybridized carbons (Fsp3) is 0.923. The van der Waals surface area contributed by atoms with Crippen LogP contribution in [0.15, 0.2) is 0 Å². The summed E-state index contributed by atoms with van der Waals surface area (Å²) in [6.07, 6.45) is 3.43. The maximum atomic E-state index is 11.3. The lowest BCUT2D eigenvalue weighted by atomic mass is 9.94. The van der Waals surface area contributed by atoms with Crippen LogP contribution in [0, 0.1) is 0 Å². The standard InChI is InChI=1S/C13H27NO3S/c1-11(2)14-13(3,12(16)17)7-4-5-9-18-10-6-8-15/h11,14-15H,4-10H2,1-3H3,(H,16,17). The summed E-state index contributed by atoms with van der Waals surface area (Å²) >= 11 is 1.82. The first-order valence-electron chi connectivity index (χ1n) is 6.62. The molecule has 0 saturated carbocycles. The summed E-state index contributed by atoms with van der Waals surface area (Å²) in [5.74, 6) is 1.25. The molecule has 5 heteroatoms. The van der Waals surface area contributed by atoms with Crippen molar-refractivity contribution in [2.75, 3.05) is 18.1 Å². The zero-order chi connectivity index (χ0) is 14.0. The third-order valence-electron chi connectivity index (χ3n) is 2.74. The predicted octanol–water partition coefficient (Wildman–Crippen LogP) is 2.11. The van der Waals surface area contributed by atoms with Crippen molar-refractivity contribution in [1.29, 1.82) is 0 Å². The topological polar surface area (TPSA) is 69.6 Å². The minimum Gasteiger partial charge on any atom is -0.480 e. The quantitative estimate of drug-likeness (QED) is 0.505. The second-order valence-electron chi connectivity index (χ2n) is 5.08. The molecule has 108 valence electrons. The molecule has 0 rings (SSSR count). The van der Waals surface area contributed by atoms with E-state index in [2.05, 4.69) is 5.32 Å². The first-order valence-corrected chi connectivity index (χ1v) is 7.77. The number of rotatable bonds is 11. The van der Waals surface area contributed by atoms with Crippen molar-refractivity contribution >= 4 is 17.7 Å². The van der Waals surface area contributed by atoms with Crippen molar-refractivity contribution in [1.82, 2.24) is 5.32 Å². The highest BCUT2D eigenvalue weighted by molar-refractivity contribution is 7.99. The zero-order valence-corrected chi connectivity index (χ0v) is 12.6. The van der Waals surface area contributed by atoms with Crippen molar-refractivity contribution in [3.8, 4) is 0 Å². The van der Waals surface area contributed by atoms with Gasteiger partial charge in [0.05, 0.1) is 0 Å². The second kappa shape index (κ2) is 9.64. The second-order valence-corrected chi connectivity index (χ2v) is 6.31. The number of nitrogens with one attached hydrogen (secondary N) is 1. The Kier molecular flexibility index (Phi) is 9.50. The molecule has 1 atom stereocenters. The minimum atomic E-state index is -0.816. The van der Waals surface area contributed by atoms with Crippen molar-refractivity contribution in [2.24, 2.45) is 0 Å². The van der Waals surface area contributed by atoms with Gasteiger partial charge < -0.3 is 10.2 Å². The Bertz CT molecular complexity index is 236. The molecule has 0 fully saturated rings. The molecular weight excluding hydrogens is 250 g/mol. The molecule has 1 unspecified atom stereocenters. The van der Waals surface area contributed by atoms with Crippen LogP contribution < -0.4 is 5.32 Å². The molecule has 0 amide bonds. The largest absolute Gasteiger partial charge is 0.480 e. The summed E-state index contributed by atoms with van der Waals surface area (Å²) < 4.78 is 0. The number of carboxylic acid groups (broad SMARTS) is 1. The smallest absolute Gasteiger partial charge is 0.323 e. The third kappa shape index (κ3) is 7.95. The van der Waals surface area contributed by atoms with Gasteiger partial charge in [-0.25, -0.2) is 0 Å². The van der Waals surface area contributed by atoms with Gasteiger partial charge in [0.2, 0.25) is 0 Å². The number of hydrogen-bond donors (Lipinski definition) is 3. The molecule has 0 aliphatic rings. The van der Waals surface area contributed by atoms with E-state index >= 15 is 0 Å². The fourth-order valence-electron chi connectivity index (χ4n) is 1.83. The molecule has 0 spiro atoms. The van der Waals surface area contributed by atoms with Gasteiger partial charge in [0.1, 0.15) is 5.54 Å². The predicted molar refractivity (Wildman–Crippen MR) is 77.2 cm³/mol. The molecule has 0 aliphatic carbocycles. The number of carboxylic acids is 1. The van der Waals surface area contributed by atoms with Crippen LogP contribution in [0.25, 0.3) is 0 Å². The summed E-state index contributed by atoms with van der Waals surface area (Å²) in [7, 11) is 0. The maximum absolute atomic E-state index is 11.3.